The molecule has 1 fully saturated rings. The number of hydrogen-bond donors (Lipinski definition) is 3. The molecule has 1 aliphatic rings. The van der Waals surface area contributed by atoms with Crippen LogP contribution in [0.4, 0.5) is 0 Å². The summed E-state index contributed by atoms with van der Waals surface area (Å²) < 4.78 is 5.24. The molecule has 96 valence electrons. The van der Waals surface area contributed by atoms with Gasteiger partial charge in [-0.25, -0.2) is 5.53 Å². The molecule has 0 aliphatic heterocycles. The van der Waals surface area contributed by atoms with Crippen LogP contribution in [0.2, 0.25) is 0 Å². The highest BCUT2D eigenvalue weighted by molar-refractivity contribution is 5.95. The van der Waals surface area contributed by atoms with Crippen LogP contribution < -0.4 is 16.3 Å². The molecule has 0 aromatic heterocycles. The normalized spacial score (nSPS) is 17.3. The first-order valence-corrected chi connectivity index (χ1v) is 5.75. The standard InChI is InChI=1S/C12H17N5O/c1-18-10-3-2-9(6-8(10)7-13)12(4-5-12)11(16-14)17-15/h2-3,6,14H,4-5,7,13,15H2,1H3. The molecule has 5 N–H and O–H groups in total. The molecule has 0 radical (unpaired) electrons. The number of rotatable bonds is 4. The average molecular weight is 247 g/mol. The van der Waals surface area contributed by atoms with Gasteiger partial charge in [-0.05, 0) is 30.5 Å². The summed E-state index contributed by atoms with van der Waals surface area (Å²) in [7, 11) is 1.62. The Morgan fingerprint density at radius 2 is 2.22 bits per heavy atom. The van der Waals surface area contributed by atoms with Gasteiger partial charge in [0, 0.05) is 12.1 Å². The van der Waals surface area contributed by atoms with Crippen molar-refractivity contribution in [3.8, 4) is 5.75 Å². The van der Waals surface area contributed by atoms with E-state index in [-0.39, 0.29) is 5.41 Å². The summed E-state index contributed by atoms with van der Waals surface area (Å²) in [4.78, 5) is 0. The third-order valence-electron chi connectivity index (χ3n) is 3.46. The van der Waals surface area contributed by atoms with Gasteiger partial charge < -0.3 is 16.3 Å². The second kappa shape index (κ2) is 4.73. The van der Waals surface area contributed by atoms with Crippen LogP contribution in [0.1, 0.15) is 24.0 Å². The number of hydrazone groups is 1. The number of benzene rings is 1. The maximum absolute atomic E-state index is 7.15. The molecule has 0 unspecified atom stereocenters. The van der Waals surface area contributed by atoms with Crippen LogP contribution in [0, 0.1) is 5.53 Å². The van der Waals surface area contributed by atoms with Gasteiger partial charge in [-0.15, -0.1) is 5.11 Å². The van der Waals surface area contributed by atoms with Crippen LogP contribution >= 0.6 is 0 Å². The van der Waals surface area contributed by atoms with Crippen LogP contribution in [0.5, 0.6) is 5.75 Å². The van der Waals surface area contributed by atoms with E-state index in [1.165, 1.54) is 0 Å². The molecule has 0 heterocycles. The number of hydrogen-bond acceptors (Lipinski definition) is 5. The molecule has 0 spiro atoms. The Morgan fingerprint density at radius 3 is 2.67 bits per heavy atom. The summed E-state index contributed by atoms with van der Waals surface area (Å²) in [6.45, 7) is 0.403. The minimum atomic E-state index is -0.299. The Morgan fingerprint density at radius 1 is 1.50 bits per heavy atom. The van der Waals surface area contributed by atoms with Crippen LogP contribution in [-0.2, 0) is 12.0 Å². The lowest BCUT2D eigenvalue weighted by Crippen LogP contribution is -2.20. The summed E-state index contributed by atoms with van der Waals surface area (Å²) in [6, 6.07) is 5.83. The van der Waals surface area contributed by atoms with E-state index < -0.39 is 0 Å². The van der Waals surface area contributed by atoms with Crippen molar-refractivity contribution < 1.29 is 4.74 Å². The Balaban J connectivity index is 2.43. The fourth-order valence-corrected chi connectivity index (χ4v) is 2.26. The van der Waals surface area contributed by atoms with Crippen molar-refractivity contribution in [3.63, 3.8) is 0 Å². The van der Waals surface area contributed by atoms with Crippen molar-refractivity contribution in [1.29, 1.82) is 5.53 Å². The maximum atomic E-state index is 7.15. The molecular weight excluding hydrogens is 230 g/mol. The van der Waals surface area contributed by atoms with Gasteiger partial charge >= 0.3 is 0 Å². The van der Waals surface area contributed by atoms with Gasteiger partial charge in [0.25, 0.3) is 0 Å². The molecular formula is C12H17N5O. The second-order valence-corrected chi connectivity index (χ2v) is 4.38. The molecule has 18 heavy (non-hydrogen) atoms. The molecule has 2 rings (SSSR count). The van der Waals surface area contributed by atoms with Gasteiger partial charge in [0.15, 0.2) is 5.84 Å². The predicted molar refractivity (Wildman–Crippen MR) is 68.6 cm³/mol. The van der Waals surface area contributed by atoms with Crippen LogP contribution in [0.15, 0.2) is 28.4 Å². The number of ether oxygens (including phenoxy) is 1. The highest BCUT2D eigenvalue weighted by Gasteiger charge is 2.50. The Labute approximate surface area is 106 Å². The molecule has 0 saturated heterocycles. The lowest BCUT2D eigenvalue weighted by Gasteiger charge is -2.16. The van der Waals surface area contributed by atoms with E-state index in [4.69, 9.17) is 21.8 Å². The number of nitrogens with two attached hydrogens (primary N) is 2. The molecule has 0 atom stereocenters. The largest absolute Gasteiger partial charge is 0.496 e. The fourth-order valence-electron chi connectivity index (χ4n) is 2.26. The van der Waals surface area contributed by atoms with E-state index in [1.54, 1.807) is 7.11 Å². The minimum absolute atomic E-state index is 0.299. The van der Waals surface area contributed by atoms with Gasteiger partial charge in [0.05, 0.1) is 12.5 Å². The van der Waals surface area contributed by atoms with Crippen molar-refractivity contribution >= 4 is 5.84 Å². The van der Waals surface area contributed by atoms with Crippen molar-refractivity contribution in [2.45, 2.75) is 24.8 Å². The molecule has 6 nitrogen and oxygen atoms in total. The van der Waals surface area contributed by atoms with Crippen molar-refractivity contribution in [3.05, 3.63) is 29.3 Å². The highest BCUT2D eigenvalue weighted by atomic mass is 16.5. The van der Waals surface area contributed by atoms with E-state index >= 15 is 0 Å². The number of methoxy groups -OCH3 is 1. The molecule has 1 aromatic rings. The van der Waals surface area contributed by atoms with Gasteiger partial charge in [-0.1, -0.05) is 6.07 Å². The first kappa shape index (κ1) is 12.5. The van der Waals surface area contributed by atoms with E-state index in [2.05, 4.69) is 10.2 Å². The lowest BCUT2D eigenvalue weighted by molar-refractivity contribution is 0.409. The van der Waals surface area contributed by atoms with Gasteiger partial charge in [-0.3, -0.25) is 0 Å². The van der Waals surface area contributed by atoms with Crippen LogP contribution in [-0.4, -0.2) is 12.9 Å². The van der Waals surface area contributed by atoms with E-state index in [0.717, 1.165) is 29.7 Å². The molecule has 6 heteroatoms. The smallest absolute Gasteiger partial charge is 0.180 e. The monoisotopic (exact) mass is 247 g/mol. The lowest BCUT2D eigenvalue weighted by atomic mass is 9.93. The number of amidine groups is 1. The number of nitrogens with zero attached hydrogens (tertiary/aromatic N) is 2. The van der Waals surface area contributed by atoms with Crippen LogP contribution in [0.25, 0.3) is 0 Å². The zero-order chi connectivity index (χ0) is 13.2. The van der Waals surface area contributed by atoms with E-state index in [9.17, 15) is 0 Å². The summed E-state index contributed by atoms with van der Waals surface area (Å²) in [5.41, 5.74) is 14.5. The summed E-state index contributed by atoms with van der Waals surface area (Å²) in [5.74, 6) is 6.44. The zero-order valence-corrected chi connectivity index (χ0v) is 10.3. The summed E-state index contributed by atoms with van der Waals surface area (Å²) in [6.07, 6.45) is 1.81. The topological polar surface area (TPSA) is 110 Å². The Bertz CT molecular complexity index is 493. The van der Waals surface area contributed by atoms with Crippen molar-refractivity contribution in [2.24, 2.45) is 21.8 Å². The molecule has 1 aromatic carbocycles. The minimum Gasteiger partial charge on any atom is -0.496 e. The Hall–Kier alpha value is -1.95. The van der Waals surface area contributed by atoms with Gasteiger partial charge in [0.1, 0.15) is 5.75 Å². The first-order chi connectivity index (χ1) is 8.71. The fraction of sp³-hybridized carbons (Fsp3) is 0.417. The first-order valence-electron chi connectivity index (χ1n) is 5.75. The zero-order valence-electron chi connectivity index (χ0n) is 10.3. The molecule has 0 amide bonds. The number of nitrogens with one attached hydrogen (secondary N) is 1. The quantitative estimate of drug-likeness (QED) is 0.246. The van der Waals surface area contributed by atoms with Crippen molar-refractivity contribution in [1.82, 2.24) is 0 Å². The predicted octanol–water partition coefficient (Wildman–Crippen LogP) is 1.49. The maximum Gasteiger partial charge on any atom is 0.180 e. The molecule has 1 saturated carbocycles. The third-order valence-corrected chi connectivity index (χ3v) is 3.46. The molecule has 1 aliphatic carbocycles. The van der Waals surface area contributed by atoms with E-state index in [0.29, 0.717) is 12.4 Å². The average Bonchev–Trinajstić information content (AvgIpc) is 3.21. The highest BCUT2D eigenvalue weighted by Crippen LogP contribution is 2.50. The van der Waals surface area contributed by atoms with Crippen molar-refractivity contribution in [2.75, 3.05) is 7.11 Å². The summed E-state index contributed by atoms with van der Waals surface area (Å²) >= 11 is 0. The van der Waals surface area contributed by atoms with E-state index in [1.807, 2.05) is 18.2 Å². The van der Waals surface area contributed by atoms with Gasteiger partial charge in [-0.2, -0.15) is 5.10 Å². The van der Waals surface area contributed by atoms with Gasteiger partial charge in [0.2, 0.25) is 0 Å². The summed E-state index contributed by atoms with van der Waals surface area (Å²) in [5, 5.41) is 7.04. The third kappa shape index (κ3) is 1.84. The molecule has 0 bridgehead atoms. The van der Waals surface area contributed by atoms with Crippen LogP contribution in [0.3, 0.4) is 0 Å². The second-order valence-electron chi connectivity index (χ2n) is 4.38. The Kier molecular flexibility index (Phi) is 3.29. The SMILES string of the molecule is COc1ccc(C2(C(N=N)=NN)CC2)cc1CN.